The summed E-state index contributed by atoms with van der Waals surface area (Å²) in [4.78, 5) is 29.2. The van der Waals surface area contributed by atoms with E-state index in [4.69, 9.17) is 14.2 Å². The lowest BCUT2D eigenvalue weighted by Crippen LogP contribution is -2.48. The van der Waals surface area contributed by atoms with Crippen LogP contribution in [0.15, 0.2) is 18.2 Å². The lowest BCUT2D eigenvalue weighted by atomic mass is 9.92. The first-order chi connectivity index (χ1) is 14.4. The molecule has 0 aromatic heterocycles. The SMILES string of the molecule is COC(=O)c1ccc(N(CC2CCN(C(C)(C)C)CC2)C(=O)OC(C)(C)C)cc1OC. The lowest BCUT2D eigenvalue weighted by Gasteiger charge is -2.42. The number of ether oxygens (including phenoxy) is 3. The summed E-state index contributed by atoms with van der Waals surface area (Å²) in [5, 5.41) is 0. The minimum atomic E-state index is -0.610. The Morgan fingerprint density at radius 2 is 1.68 bits per heavy atom. The number of esters is 1. The Hall–Kier alpha value is -2.28. The highest BCUT2D eigenvalue weighted by Gasteiger charge is 2.31. The highest BCUT2D eigenvalue weighted by Crippen LogP contribution is 2.30. The van der Waals surface area contributed by atoms with Gasteiger partial charge in [0.25, 0.3) is 0 Å². The summed E-state index contributed by atoms with van der Waals surface area (Å²) in [6, 6.07) is 5.06. The number of nitrogens with zero attached hydrogens (tertiary/aromatic N) is 2. The number of amides is 1. The lowest BCUT2D eigenvalue weighted by molar-refractivity contribution is 0.0551. The molecule has 1 heterocycles. The summed E-state index contributed by atoms with van der Waals surface area (Å²) in [6.45, 7) is 14.8. The molecule has 2 rings (SSSR count). The summed E-state index contributed by atoms with van der Waals surface area (Å²) in [5.41, 5.74) is 0.488. The second-order valence-electron chi connectivity index (χ2n) is 10.1. The van der Waals surface area contributed by atoms with Gasteiger partial charge in [0, 0.05) is 18.2 Å². The number of carbonyl (C=O) groups is 2. The predicted molar refractivity (Wildman–Crippen MR) is 122 cm³/mol. The molecular formula is C24H38N2O5. The minimum Gasteiger partial charge on any atom is -0.496 e. The molecule has 7 nitrogen and oxygen atoms in total. The van der Waals surface area contributed by atoms with Crippen LogP contribution < -0.4 is 9.64 Å². The van der Waals surface area contributed by atoms with Crippen LogP contribution in [0.5, 0.6) is 5.75 Å². The van der Waals surface area contributed by atoms with E-state index in [0.29, 0.717) is 29.5 Å². The molecular weight excluding hydrogens is 396 g/mol. The molecule has 0 unspecified atom stereocenters. The third kappa shape index (κ3) is 6.86. The molecule has 1 aliphatic rings. The van der Waals surface area contributed by atoms with E-state index in [9.17, 15) is 9.59 Å². The minimum absolute atomic E-state index is 0.146. The van der Waals surface area contributed by atoms with Crippen molar-refractivity contribution < 1.29 is 23.8 Å². The number of anilines is 1. The Morgan fingerprint density at radius 1 is 1.06 bits per heavy atom. The van der Waals surface area contributed by atoms with Crippen LogP contribution >= 0.6 is 0 Å². The molecule has 0 saturated carbocycles. The standard InChI is InChI=1S/C24H38N2O5/c1-23(2,3)25-13-11-17(12-14-25)16-26(22(28)31-24(4,5)6)18-9-10-19(21(27)30-8)20(15-18)29-7/h9-10,15,17H,11-14,16H2,1-8H3. The van der Waals surface area contributed by atoms with Crippen LogP contribution in [-0.2, 0) is 9.47 Å². The van der Waals surface area contributed by atoms with Crippen molar-refractivity contribution in [3.05, 3.63) is 23.8 Å². The van der Waals surface area contributed by atoms with Gasteiger partial charge in [-0.3, -0.25) is 9.80 Å². The Labute approximate surface area is 186 Å². The predicted octanol–water partition coefficient (Wildman–Crippen LogP) is 4.73. The maximum Gasteiger partial charge on any atom is 0.414 e. The van der Waals surface area contributed by atoms with E-state index < -0.39 is 17.7 Å². The van der Waals surface area contributed by atoms with Gasteiger partial charge >= 0.3 is 12.1 Å². The Balaban J connectivity index is 2.28. The molecule has 0 aliphatic carbocycles. The molecule has 1 aromatic carbocycles. The second kappa shape index (κ2) is 9.90. The number of benzene rings is 1. The van der Waals surface area contributed by atoms with Gasteiger partial charge in [0.05, 0.1) is 19.9 Å². The number of methoxy groups -OCH3 is 2. The van der Waals surface area contributed by atoms with Gasteiger partial charge in [0.2, 0.25) is 0 Å². The van der Waals surface area contributed by atoms with Gasteiger partial charge in [-0.1, -0.05) is 0 Å². The van der Waals surface area contributed by atoms with Crippen molar-refractivity contribution in [1.29, 1.82) is 0 Å². The maximum absolute atomic E-state index is 13.1. The van der Waals surface area contributed by atoms with Crippen molar-refractivity contribution in [2.75, 3.05) is 38.8 Å². The van der Waals surface area contributed by atoms with Gasteiger partial charge in [-0.2, -0.15) is 0 Å². The van der Waals surface area contributed by atoms with Gasteiger partial charge in [-0.15, -0.1) is 0 Å². The third-order valence-electron chi connectivity index (χ3n) is 5.52. The maximum atomic E-state index is 13.1. The topological polar surface area (TPSA) is 68.3 Å². The number of hydrogen-bond donors (Lipinski definition) is 0. The zero-order valence-electron chi connectivity index (χ0n) is 20.3. The number of carbonyl (C=O) groups excluding carboxylic acids is 2. The number of piperidine rings is 1. The fraction of sp³-hybridized carbons (Fsp3) is 0.667. The van der Waals surface area contributed by atoms with Crippen molar-refractivity contribution in [1.82, 2.24) is 4.90 Å². The largest absolute Gasteiger partial charge is 0.496 e. The Morgan fingerprint density at radius 3 is 2.16 bits per heavy atom. The van der Waals surface area contributed by atoms with Crippen LogP contribution in [0.2, 0.25) is 0 Å². The normalized spacial score (nSPS) is 16.0. The van der Waals surface area contributed by atoms with E-state index >= 15 is 0 Å². The zero-order chi connectivity index (χ0) is 23.4. The first-order valence-electron chi connectivity index (χ1n) is 10.9. The molecule has 7 heteroatoms. The van der Waals surface area contributed by atoms with Crippen molar-refractivity contribution >= 4 is 17.7 Å². The summed E-state index contributed by atoms with van der Waals surface area (Å²) >= 11 is 0. The smallest absolute Gasteiger partial charge is 0.414 e. The molecule has 1 fully saturated rings. The monoisotopic (exact) mass is 434 g/mol. The van der Waals surface area contributed by atoms with Gasteiger partial charge in [-0.05, 0) is 85.5 Å². The molecule has 0 spiro atoms. The first-order valence-corrected chi connectivity index (χ1v) is 10.9. The van der Waals surface area contributed by atoms with Crippen LogP contribution in [0.3, 0.4) is 0 Å². The van der Waals surface area contributed by atoms with Crippen molar-refractivity contribution in [3.8, 4) is 5.75 Å². The summed E-state index contributed by atoms with van der Waals surface area (Å²) in [7, 11) is 2.82. The fourth-order valence-corrected chi connectivity index (χ4v) is 3.77. The fourth-order valence-electron chi connectivity index (χ4n) is 3.77. The second-order valence-corrected chi connectivity index (χ2v) is 10.1. The molecule has 0 atom stereocenters. The number of hydrogen-bond acceptors (Lipinski definition) is 6. The van der Waals surface area contributed by atoms with Crippen molar-refractivity contribution in [3.63, 3.8) is 0 Å². The van der Waals surface area contributed by atoms with Crippen LogP contribution in [-0.4, -0.2) is 62.0 Å². The molecule has 1 saturated heterocycles. The zero-order valence-corrected chi connectivity index (χ0v) is 20.3. The molecule has 1 amide bonds. The van der Waals surface area contributed by atoms with E-state index in [1.54, 1.807) is 23.1 Å². The van der Waals surface area contributed by atoms with Gasteiger partial charge < -0.3 is 14.2 Å². The molecule has 1 aliphatic heterocycles. The van der Waals surface area contributed by atoms with Crippen LogP contribution in [0.1, 0.15) is 64.7 Å². The molecule has 0 radical (unpaired) electrons. The van der Waals surface area contributed by atoms with E-state index in [-0.39, 0.29) is 5.54 Å². The first kappa shape index (κ1) is 25.0. The van der Waals surface area contributed by atoms with Crippen LogP contribution in [0.25, 0.3) is 0 Å². The van der Waals surface area contributed by atoms with Crippen molar-refractivity contribution in [2.24, 2.45) is 5.92 Å². The van der Waals surface area contributed by atoms with Crippen molar-refractivity contribution in [2.45, 2.75) is 65.5 Å². The van der Waals surface area contributed by atoms with Crippen LogP contribution in [0.4, 0.5) is 10.5 Å². The summed E-state index contributed by atoms with van der Waals surface area (Å²) in [5.74, 6) is 0.236. The average molecular weight is 435 g/mol. The molecule has 174 valence electrons. The Bertz CT molecular complexity index is 771. The summed E-state index contributed by atoms with van der Waals surface area (Å²) in [6.07, 6.45) is 1.61. The van der Waals surface area contributed by atoms with E-state index in [2.05, 4.69) is 25.7 Å². The Kier molecular flexibility index (Phi) is 7.98. The molecule has 31 heavy (non-hydrogen) atoms. The highest BCUT2D eigenvalue weighted by molar-refractivity contribution is 5.95. The molecule has 0 N–H and O–H groups in total. The number of likely N-dealkylation sites (tertiary alicyclic amines) is 1. The van der Waals surface area contributed by atoms with Crippen LogP contribution in [0, 0.1) is 5.92 Å². The van der Waals surface area contributed by atoms with E-state index in [1.807, 2.05) is 20.8 Å². The number of rotatable bonds is 5. The summed E-state index contributed by atoms with van der Waals surface area (Å²) < 4.78 is 15.9. The third-order valence-corrected chi connectivity index (χ3v) is 5.52. The average Bonchev–Trinajstić information content (AvgIpc) is 2.69. The van der Waals surface area contributed by atoms with Gasteiger partial charge in [-0.25, -0.2) is 9.59 Å². The van der Waals surface area contributed by atoms with Gasteiger partial charge in [0.15, 0.2) is 0 Å². The van der Waals surface area contributed by atoms with Gasteiger partial charge in [0.1, 0.15) is 16.9 Å². The quantitative estimate of drug-likeness (QED) is 0.624. The highest BCUT2D eigenvalue weighted by atomic mass is 16.6. The molecule has 0 bridgehead atoms. The van der Waals surface area contributed by atoms with E-state index in [1.165, 1.54) is 14.2 Å². The molecule has 1 aromatic rings. The van der Waals surface area contributed by atoms with E-state index in [0.717, 1.165) is 25.9 Å².